The van der Waals surface area contributed by atoms with Crippen molar-refractivity contribution in [1.29, 1.82) is 0 Å². The number of β-amino-alcohol motifs (C(OH)–C–C–N with tert-alkyl or cyclic N) is 1. The largest absolute Gasteiger partial charge is 0.573 e. The highest BCUT2D eigenvalue weighted by molar-refractivity contribution is 7.94. The number of aliphatic hydroxyl groups excluding tert-OH is 1. The van der Waals surface area contributed by atoms with Gasteiger partial charge in [-0.3, -0.25) is 14.5 Å². The van der Waals surface area contributed by atoms with E-state index in [2.05, 4.69) is 10.1 Å². The number of aliphatic hydroxyl groups is 1. The molecule has 13 heteroatoms. The molecule has 1 fully saturated rings. The van der Waals surface area contributed by atoms with Gasteiger partial charge in [-0.05, 0) is 55.7 Å². The topological polar surface area (TPSA) is 116 Å². The fourth-order valence-corrected chi connectivity index (χ4v) is 6.25. The molecule has 39 heavy (non-hydrogen) atoms. The molecule has 0 unspecified atom stereocenters. The molecule has 0 radical (unpaired) electrons. The zero-order valence-electron chi connectivity index (χ0n) is 21.7. The second-order valence-electron chi connectivity index (χ2n) is 10.3. The molecule has 2 N–H and O–H groups in total. The zero-order chi connectivity index (χ0) is 28.8. The number of benzene rings is 2. The molecule has 0 aromatic heterocycles. The predicted octanol–water partition coefficient (Wildman–Crippen LogP) is 2.90. The molecule has 2 atom stereocenters. The Labute approximate surface area is 224 Å². The number of nitrogens with zero attached hydrogens (tertiary/aromatic N) is 2. The van der Waals surface area contributed by atoms with Crippen molar-refractivity contribution in [3.63, 3.8) is 0 Å². The van der Waals surface area contributed by atoms with E-state index in [1.165, 1.54) is 62.2 Å². The number of sulfone groups is 1. The van der Waals surface area contributed by atoms with Crippen LogP contribution in [0.5, 0.6) is 5.75 Å². The minimum atomic E-state index is -4.88. The summed E-state index contributed by atoms with van der Waals surface area (Å²) in [6.07, 6.45) is -5.01. The SMILES string of the molecule is CN(C(=O)Cc1ccc2c(c1)NC(=O)C(C)(C)S2(=O)=O)[C@H](CN1CC[C@@H](O)C1)c1cccc(OC(F)(F)F)c1. The van der Waals surface area contributed by atoms with Crippen LogP contribution in [0.4, 0.5) is 18.9 Å². The van der Waals surface area contributed by atoms with Crippen LogP contribution in [0.1, 0.15) is 37.4 Å². The maximum absolute atomic E-state index is 13.4. The number of anilines is 1. The van der Waals surface area contributed by atoms with Gasteiger partial charge in [-0.1, -0.05) is 18.2 Å². The van der Waals surface area contributed by atoms with Gasteiger partial charge in [0.2, 0.25) is 11.8 Å². The molecule has 212 valence electrons. The molecular formula is C26H30F3N3O6S. The van der Waals surface area contributed by atoms with Crippen LogP contribution in [0.25, 0.3) is 0 Å². The number of likely N-dealkylation sites (N-methyl/N-ethyl adjacent to an activating group) is 1. The molecule has 1 saturated heterocycles. The highest BCUT2D eigenvalue weighted by Crippen LogP contribution is 2.37. The van der Waals surface area contributed by atoms with Crippen molar-refractivity contribution < 1.29 is 41.0 Å². The number of rotatable bonds is 7. The smallest absolute Gasteiger partial charge is 0.406 e. The minimum absolute atomic E-state index is 0.0383. The highest BCUT2D eigenvalue weighted by atomic mass is 32.2. The van der Waals surface area contributed by atoms with Crippen LogP contribution in [-0.2, 0) is 25.8 Å². The number of carbonyl (C=O) groups excluding carboxylic acids is 2. The summed E-state index contributed by atoms with van der Waals surface area (Å²) < 4.78 is 66.7. The molecule has 0 saturated carbocycles. The van der Waals surface area contributed by atoms with Crippen molar-refractivity contribution in [2.24, 2.45) is 0 Å². The monoisotopic (exact) mass is 569 g/mol. The first-order chi connectivity index (χ1) is 18.1. The van der Waals surface area contributed by atoms with Gasteiger partial charge in [-0.2, -0.15) is 0 Å². The van der Waals surface area contributed by atoms with Gasteiger partial charge < -0.3 is 20.1 Å². The Hall–Kier alpha value is -3.16. The lowest BCUT2D eigenvalue weighted by Gasteiger charge is -2.33. The fourth-order valence-electron chi connectivity index (χ4n) is 4.76. The van der Waals surface area contributed by atoms with Crippen molar-refractivity contribution in [3.05, 3.63) is 53.6 Å². The molecule has 2 aliphatic heterocycles. The third-order valence-electron chi connectivity index (χ3n) is 7.17. The lowest BCUT2D eigenvalue weighted by atomic mass is 10.0. The molecule has 2 aliphatic rings. The molecule has 0 aliphatic carbocycles. The highest BCUT2D eigenvalue weighted by Gasteiger charge is 2.47. The Kier molecular flexibility index (Phi) is 7.71. The molecule has 2 aromatic rings. The van der Waals surface area contributed by atoms with Crippen molar-refractivity contribution >= 4 is 27.3 Å². The Morgan fingerprint density at radius 3 is 2.62 bits per heavy atom. The van der Waals surface area contributed by atoms with Crippen LogP contribution in [0.3, 0.4) is 0 Å². The van der Waals surface area contributed by atoms with Gasteiger partial charge in [0.05, 0.1) is 29.1 Å². The summed E-state index contributed by atoms with van der Waals surface area (Å²) in [5.41, 5.74) is 0.956. The number of nitrogens with one attached hydrogen (secondary N) is 1. The van der Waals surface area contributed by atoms with Crippen molar-refractivity contribution in [2.75, 3.05) is 32.0 Å². The van der Waals surface area contributed by atoms with Gasteiger partial charge in [0.15, 0.2) is 9.84 Å². The van der Waals surface area contributed by atoms with Crippen LogP contribution >= 0.6 is 0 Å². The Bertz CT molecular complexity index is 1380. The van der Waals surface area contributed by atoms with Crippen LogP contribution in [0.2, 0.25) is 0 Å². The summed E-state index contributed by atoms with van der Waals surface area (Å²) in [6, 6.07) is 9.05. The van der Waals surface area contributed by atoms with Crippen LogP contribution in [-0.4, -0.2) is 79.0 Å². The number of alkyl halides is 3. The number of halogens is 3. The minimum Gasteiger partial charge on any atom is -0.406 e. The maximum Gasteiger partial charge on any atom is 0.573 e. The molecule has 4 rings (SSSR count). The third-order valence-corrected chi connectivity index (χ3v) is 9.64. The van der Waals surface area contributed by atoms with Crippen molar-refractivity contribution in [3.8, 4) is 5.75 Å². The second-order valence-corrected chi connectivity index (χ2v) is 12.8. The number of amides is 2. The Balaban J connectivity index is 1.59. The molecule has 0 spiro atoms. The van der Waals surface area contributed by atoms with E-state index in [-0.39, 0.29) is 29.5 Å². The lowest BCUT2D eigenvalue weighted by molar-refractivity contribution is -0.274. The van der Waals surface area contributed by atoms with Crippen molar-refractivity contribution in [2.45, 2.75) is 54.8 Å². The van der Waals surface area contributed by atoms with Gasteiger partial charge in [-0.25, -0.2) is 8.42 Å². The van der Waals surface area contributed by atoms with E-state index in [0.717, 1.165) is 0 Å². The summed E-state index contributed by atoms with van der Waals surface area (Å²) >= 11 is 0. The number of hydrogen-bond donors (Lipinski definition) is 2. The third kappa shape index (κ3) is 6.04. The normalized spacial score (nSPS) is 21.1. The van der Waals surface area contributed by atoms with Gasteiger partial charge in [0, 0.05) is 26.7 Å². The average Bonchev–Trinajstić information content (AvgIpc) is 3.25. The van der Waals surface area contributed by atoms with Gasteiger partial charge in [-0.15, -0.1) is 13.2 Å². The fraction of sp³-hybridized carbons (Fsp3) is 0.462. The molecule has 2 amide bonds. The summed E-state index contributed by atoms with van der Waals surface area (Å²) in [7, 11) is -2.41. The van der Waals surface area contributed by atoms with E-state index < -0.39 is 44.7 Å². The van der Waals surface area contributed by atoms with E-state index in [1.54, 1.807) is 6.07 Å². The second kappa shape index (κ2) is 10.4. The zero-order valence-corrected chi connectivity index (χ0v) is 22.5. The van der Waals surface area contributed by atoms with Crippen LogP contribution < -0.4 is 10.1 Å². The first-order valence-corrected chi connectivity index (χ1v) is 13.8. The predicted molar refractivity (Wildman–Crippen MR) is 136 cm³/mol. The average molecular weight is 570 g/mol. The summed E-state index contributed by atoms with van der Waals surface area (Å²) in [4.78, 5) is 29.1. The molecule has 0 bridgehead atoms. The summed E-state index contributed by atoms with van der Waals surface area (Å²) in [6.45, 7) is 3.84. The van der Waals surface area contributed by atoms with E-state index in [4.69, 9.17) is 0 Å². The summed E-state index contributed by atoms with van der Waals surface area (Å²) in [5, 5.41) is 12.5. The van der Waals surface area contributed by atoms with Crippen molar-refractivity contribution in [1.82, 2.24) is 9.80 Å². The lowest BCUT2D eigenvalue weighted by Crippen LogP contribution is -2.48. The molecular weight excluding hydrogens is 539 g/mol. The standard InChI is InChI=1S/C26H30F3N3O6S/c1-25(2)24(35)30-20-11-16(7-8-22(20)39(25,36)37)12-23(34)31(3)21(15-32-10-9-18(33)14-32)17-5-4-6-19(13-17)38-26(27,28)29/h4-8,11,13,18,21,33H,9-10,12,14-15H2,1-3H3,(H,30,35)/t18-,21-/m1/s1. The first-order valence-electron chi connectivity index (χ1n) is 12.3. The Morgan fingerprint density at radius 2 is 1.97 bits per heavy atom. The number of carbonyl (C=O) groups is 2. The number of ether oxygens (including phenoxy) is 1. The quantitative estimate of drug-likeness (QED) is 0.527. The maximum atomic E-state index is 13.4. The van der Waals surface area contributed by atoms with E-state index in [0.29, 0.717) is 30.6 Å². The first kappa shape index (κ1) is 28.8. The van der Waals surface area contributed by atoms with E-state index >= 15 is 0 Å². The summed E-state index contributed by atoms with van der Waals surface area (Å²) in [5.74, 6) is -1.47. The Morgan fingerprint density at radius 1 is 1.26 bits per heavy atom. The number of likely N-dealkylation sites (tertiary alicyclic amines) is 1. The van der Waals surface area contributed by atoms with E-state index in [1.807, 2.05) is 4.90 Å². The number of fused-ring (bicyclic) bond motifs is 1. The molecule has 2 heterocycles. The molecule has 9 nitrogen and oxygen atoms in total. The van der Waals surface area contributed by atoms with Gasteiger partial charge in [0.1, 0.15) is 10.5 Å². The van der Waals surface area contributed by atoms with E-state index in [9.17, 15) is 36.3 Å². The number of hydrogen-bond acceptors (Lipinski definition) is 7. The van der Waals surface area contributed by atoms with Gasteiger partial charge in [0.25, 0.3) is 0 Å². The van der Waals surface area contributed by atoms with Gasteiger partial charge >= 0.3 is 6.36 Å². The molecule has 2 aromatic carbocycles. The van der Waals surface area contributed by atoms with Crippen LogP contribution in [0.15, 0.2) is 47.4 Å². The van der Waals surface area contributed by atoms with Crippen LogP contribution in [0, 0.1) is 0 Å².